The Balaban J connectivity index is 2.06. The molecule has 0 radical (unpaired) electrons. The first-order valence-corrected chi connectivity index (χ1v) is 11.1. The van der Waals surface area contributed by atoms with Crippen LogP contribution in [-0.2, 0) is 19.1 Å². The molecule has 0 bridgehead atoms. The number of rotatable bonds is 11. The molecule has 2 N–H and O–H groups in total. The van der Waals surface area contributed by atoms with Crippen molar-refractivity contribution in [1.29, 1.82) is 0 Å². The monoisotopic (exact) mass is 469 g/mol. The van der Waals surface area contributed by atoms with Gasteiger partial charge in [0.15, 0.2) is 0 Å². The minimum Gasteiger partial charge on any atom is -0.466 e. The van der Waals surface area contributed by atoms with Gasteiger partial charge in [-0.1, -0.05) is 0 Å². The van der Waals surface area contributed by atoms with E-state index < -0.39 is 23.9 Å². The number of carbonyl (C=O) groups excluding carboxylic acids is 4. The maximum absolute atomic E-state index is 12.8. The summed E-state index contributed by atoms with van der Waals surface area (Å²) >= 11 is 0. The molecule has 1 atom stereocenters. The molecular formula is C25H31N3O6. The fourth-order valence-electron chi connectivity index (χ4n) is 3.16. The molecular weight excluding hydrogens is 438 g/mol. The molecule has 9 heteroatoms. The lowest BCUT2D eigenvalue weighted by atomic mass is 10.1. The third kappa shape index (κ3) is 7.33. The number of amides is 2. The summed E-state index contributed by atoms with van der Waals surface area (Å²) in [4.78, 5) is 50.8. The van der Waals surface area contributed by atoms with Gasteiger partial charge in [-0.15, -0.1) is 0 Å². The van der Waals surface area contributed by atoms with Gasteiger partial charge in [-0.25, -0.2) is 4.79 Å². The smallest absolute Gasteiger partial charge is 0.328 e. The van der Waals surface area contributed by atoms with Gasteiger partial charge in [-0.2, -0.15) is 0 Å². The van der Waals surface area contributed by atoms with Gasteiger partial charge in [-0.3, -0.25) is 14.4 Å². The van der Waals surface area contributed by atoms with Gasteiger partial charge in [0.1, 0.15) is 6.04 Å². The summed E-state index contributed by atoms with van der Waals surface area (Å²) in [5, 5.41) is 5.62. The van der Waals surface area contributed by atoms with E-state index in [1.54, 1.807) is 64.3 Å². The summed E-state index contributed by atoms with van der Waals surface area (Å²) < 4.78 is 9.89. The van der Waals surface area contributed by atoms with Crippen LogP contribution in [0.4, 0.5) is 11.4 Å². The van der Waals surface area contributed by atoms with Crippen LogP contribution in [0.5, 0.6) is 0 Å². The van der Waals surface area contributed by atoms with E-state index >= 15 is 0 Å². The first kappa shape index (κ1) is 26.4. The largest absolute Gasteiger partial charge is 0.466 e. The van der Waals surface area contributed by atoms with E-state index in [-0.39, 0.29) is 32.0 Å². The zero-order valence-corrected chi connectivity index (χ0v) is 19.9. The molecule has 0 spiro atoms. The molecule has 0 aromatic heterocycles. The fourth-order valence-corrected chi connectivity index (χ4v) is 3.16. The number of hydrogen-bond acceptors (Lipinski definition) is 7. The summed E-state index contributed by atoms with van der Waals surface area (Å²) in [5.74, 6) is -1.76. The van der Waals surface area contributed by atoms with Crippen molar-refractivity contribution in [2.75, 3.05) is 37.5 Å². The van der Waals surface area contributed by atoms with Gasteiger partial charge in [-0.05, 0) is 68.8 Å². The predicted octanol–water partition coefficient (Wildman–Crippen LogP) is 3.01. The zero-order valence-electron chi connectivity index (χ0n) is 19.9. The van der Waals surface area contributed by atoms with E-state index in [0.29, 0.717) is 16.8 Å². The molecule has 0 saturated carbocycles. The van der Waals surface area contributed by atoms with Crippen molar-refractivity contribution in [2.24, 2.45) is 0 Å². The van der Waals surface area contributed by atoms with Crippen molar-refractivity contribution in [3.05, 3.63) is 59.7 Å². The fraction of sp³-hybridized carbons (Fsp3) is 0.360. The minimum atomic E-state index is -0.985. The number of ether oxygens (including phenoxy) is 2. The molecule has 0 aliphatic carbocycles. The second-order valence-corrected chi connectivity index (χ2v) is 7.36. The van der Waals surface area contributed by atoms with Crippen LogP contribution in [-0.4, -0.2) is 57.1 Å². The van der Waals surface area contributed by atoms with Crippen molar-refractivity contribution in [3.8, 4) is 0 Å². The third-order valence-corrected chi connectivity index (χ3v) is 5.06. The maximum atomic E-state index is 12.8. The van der Waals surface area contributed by atoms with Crippen molar-refractivity contribution >= 4 is 35.1 Å². The van der Waals surface area contributed by atoms with Crippen LogP contribution in [0.2, 0.25) is 0 Å². The van der Waals surface area contributed by atoms with Crippen molar-refractivity contribution < 1.29 is 28.7 Å². The lowest BCUT2D eigenvalue weighted by molar-refractivity contribution is -0.146. The van der Waals surface area contributed by atoms with Crippen LogP contribution in [0.15, 0.2) is 48.5 Å². The number of benzene rings is 2. The highest BCUT2D eigenvalue weighted by molar-refractivity contribution is 6.06. The molecule has 2 aromatic carbocycles. The Morgan fingerprint density at radius 3 is 2.03 bits per heavy atom. The van der Waals surface area contributed by atoms with Crippen LogP contribution in [0.1, 0.15) is 47.4 Å². The Bertz CT molecular complexity index is 989. The molecule has 2 rings (SSSR count). The minimum absolute atomic E-state index is 0.0290. The van der Waals surface area contributed by atoms with E-state index in [2.05, 4.69) is 10.6 Å². The average Bonchev–Trinajstić information content (AvgIpc) is 2.86. The molecule has 0 aliphatic rings. The van der Waals surface area contributed by atoms with Gasteiger partial charge in [0, 0.05) is 43.0 Å². The Labute approximate surface area is 199 Å². The number of nitrogens with zero attached hydrogens (tertiary/aromatic N) is 1. The molecule has 9 nitrogen and oxygen atoms in total. The summed E-state index contributed by atoms with van der Waals surface area (Å²) in [6, 6.07) is 12.5. The molecule has 2 amide bonds. The van der Waals surface area contributed by atoms with Crippen LogP contribution in [0.25, 0.3) is 0 Å². The van der Waals surface area contributed by atoms with E-state index in [4.69, 9.17) is 9.47 Å². The van der Waals surface area contributed by atoms with Crippen molar-refractivity contribution in [1.82, 2.24) is 5.32 Å². The number of hydrogen-bond donors (Lipinski definition) is 2. The number of anilines is 2. The highest BCUT2D eigenvalue weighted by atomic mass is 16.5. The highest BCUT2D eigenvalue weighted by Crippen LogP contribution is 2.18. The third-order valence-electron chi connectivity index (χ3n) is 5.06. The normalized spacial score (nSPS) is 11.2. The Morgan fingerprint density at radius 2 is 1.47 bits per heavy atom. The second kappa shape index (κ2) is 13.0. The van der Waals surface area contributed by atoms with Crippen LogP contribution >= 0.6 is 0 Å². The van der Waals surface area contributed by atoms with Crippen LogP contribution in [0.3, 0.4) is 0 Å². The molecule has 182 valence electrons. The van der Waals surface area contributed by atoms with E-state index in [0.717, 1.165) is 5.69 Å². The Hall–Kier alpha value is -3.88. The van der Waals surface area contributed by atoms with Gasteiger partial charge >= 0.3 is 11.9 Å². The van der Waals surface area contributed by atoms with E-state index in [1.807, 2.05) is 12.1 Å². The highest BCUT2D eigenvalue weighted by Gasteiger charge is 2.24. The predicted molar refractivity (Wildman–Crippen MR) is 129 cm³/mol. The quantitative estimate of drug-likeness (QED) is 0.486. The second-order valence-electron chi connectivity index (χ2n) is 7.36. The van der Waals surface area contributed by atoms with E-state index in [9.17, 15) is 19.2 Å². The van der Waals surface area contributed by atoms with Gasteiger partial charge in [0.05, 0.1) is 13.2 Å². The zero-order chi connectivity index (χ0) is 25.1. The van der Waals surface area contributed by atoms with E-state index in [1.165, 1.54) is 4.90 Å². The Morgan fingerprint density at radius 1 is 0.882 bits per heavy atom. The Kier molecular flexibility index (Phi) is 10.1. The van der Waals surface area contributed by atoms with Crippen LogP contribution in [0, 0.1) is 0 Å². The molecule has 0 unspecified atom stereocenters. The molecule has 34 heavy (non-hydrogen) atoms. The lowest BCUT2D eigenvalue weighted by Crippen LogP contribution is -2.42. The van der Waals surface area contributed by atoms with Crippen LogP contribution < -0.4 is 15.5 Å². The molecule has 0 fully saturated rings. The maximum Gasteiger partial charge on any atom is 0.328 e. The summed E-state index contributed by atoms with van der Waals surface area (Å²) in [7, 11) is 3.45. The molecule has 2 aromatic rings. The number of carbonyl (C=O) groups is 4. The summed E-state index contributed by atoms with van der Waals surface area (Å²) in [6.45, 7) is 3.74. The first-order valence-electron chi connectivity index (χ1n) is 11.1. The molecule has 0 aliphatic heterocycles. The molecule has 0 saturated heterocycles. The number of esters is 2. The average molecular weight is 470 g/mol. The van der Waals surface area contributed by atoms with Crippen molar-refractivity contribution in [2.45, 2.75) is 32.7 Å². The molecule has 0 heterocycles. The standard InChI is InChI=1S/C25H31N3O6/c1-5-33-22(29)16-15-21(25(32)34-6-2)27-23(30)17-9-13-20(14-10-17)28(4)24(31)18-7-11-19(26-3)12-8-18/h7-14,21,26H,5-6,15-16H2,1-4H3,(H,27,30)/t21-/m0/s1. The topological polar surface area (TPSA) is 114 Å². The number of nitrogens with one attached hydrogen (secondary N) is 2. The first-order chi connectivity index (χ1) is 16.3. The van der Waals surface area contributed by atoms with Gasteiger partial charge in [0.2, 0.25) is 0 Å². The summed E-state index contributed by atoms with van der Waals surface area (Å²) in [6.07, 6.45) is 0.0316. The SMILES string of the molecule is CCOC(=O)CC[C@H](NC(=O)c1ccc(N(C)C(=O)c2ccc(NC)cc2)cc1)C(=O)OCC. The summed E-state index contributed by atoms with van der Waals surface area (Å²) in [5.41, 5.74) is 2.33. The van der Waals surface area contributed by atoms with Gasteiger partial charge in [0.25, 0.3) is 11.8 Å². The lowest BCUT2D eigenvalue weighted by Gasteiger charge is -2.19. The van der Waals surface area contributed by atoms with Gasteiger partial charge < -0.3 is 25.0 Å². The van der Waals surface area contributed by atoms with Crippen molar-refractivity contribution in [3.63, 3.8) is 0 Å².